The number of aliphatic hydroxyl groups excluding tert-OH is 2. The Hall–Kier alpha value is -1.14. The zero-order valence-electron chi connectivity index (χ0n) is 10.4. The van der Waals surface area contributed by atoms with Crippen molar-refractivity contribution in [3.05, 3.63) is 0 Å². The molecule has 102 valence electrons. The van der Waals surface area contributed by atoms with Crippen LogP contribution in [0.3, 0.4) is 0 Å². The third-order valence-electron chi connectivity index (χ3n) is 2.99. The number of ether oxygens (including phenoxy) is 2. The third-order valence-corrected chi connectivity index (χ3v) is 2.99. The molecule has 6 nitrogen and oxygen atoms in total. The second kappa shape index (κ2) is 6.70. The Labute approximate surface area is 106 Å². The molecule has 2 atom stereocenters. The van der Waals surface area contributed by atoms with Gasteiger partial charge in [0.1, 0.15) is 25.3 Å². The van der Waals surface area contributed by atoms with Gasteiger partial charge < -0.3 is 19.7 Å². The highest BCUT2D eigenvalue weighted by molar-refractivity contribution is 5.78. The minimum atomic E-state index is -0.0761. The van der Waals surface area contributed by atoms with Crippen LogP contribution >= 0.6 is 0 Å². The van der Waals surface area contributed by atoms with Gasteiger partial charge in [0.15, 0.2) is 11.8 Å². The summed E-state index contributed by atoms with van der Waals surface area (Å²) in [6.07, 6.45) is 3.52. The first-order chi connectivity index (χ1) is 8.81. The molecule has 2 rings (SSSR count). The topological polar surface area (TPSA) is 83.6 Å². The van der Waals surface area contributed by atoms with Crippen molar-refractivity contribution in [2.24, 2.45) is 9.98 Å². The fourth-order valence-corrected chi connectivity index (χ4v) is 1.95. The van der Waals surface area contributed by atoms with Crippen LogP contribution in [0.5, 0.6) is 0 Å². The second-order valence-electron chi connectivity index (χ2n) is 4.55. The number of aliphatic imine (C=N–C) groups is 2. The Bertz CT molecular complexity index is 298. The van der Waals surface area contributed by atoms with Gasteiger partial charge in [-0.2, -0.15) is 0 Å². The molecule has 2 unspecified atom stereocenters. The lowest BCUT2D eigenvalue weighted by molar-refractivity contribution is 0.225. The molecule has 18 heavy (non-hydrogen) atoms. The Morgan fingerprint density at radius 3 is 1.67 bits per heavy atom. The number of nitrogens with zero attached hydrogens (tertiary/aromatic N) is 2. The van der Waals surface area contributed by atoms with E-state index in [1.165, 1.54) is 0 Å². The van der Waals surface area contributed by atoms with Crippen LogP contribution in [0.25, 0.3) is 0 Å². The average molecular weight is 256 g/mol. The van der Waals surface area contributed by atoms with Crippen molar-refractivity contribution in [1.82, 2.24) is 0 Å². The van der Waals surface area contributed by atoms with Crippen LogP contribution in [0.2, 0.25) is 0 Å². The second-order valence-corrected chi connectivity index (χ2v) is 4.55. The predicted molar refractivity (Wildman–Crippen MR) is 67.0 cm³/mol. The fourth-order valence-electron chi connectivity index (χ4n) is 1.95. The minimum absolute atomic E-state index is 0.0523. The molecule has 2 heterocycles. The Kier molecular flexibility index (Phi) is 4.95. The van der Waals surface area contributed by atoms with Gasteiger partial charge in [-0.3, -0.25) is 0 Å². The van der Waals surface area contributed by atoms with Crippen LogP contribution in [0.1, 0.15) is 25.7 Å². The Balaban J connectivity index is 1.59. The molecule has 2 N–H and O–H groups in total. The van der Waals surface area contributed by atoms with E-state index in [2.05, 4.69) is 9.98 Å². The van der Waals surface area contributed by atoms with Crippen molar-refractivity contribution in [2.75, 3.05) is 26.4 Å². The highest BCUT2D eigenvalue weighted by Gasteiger charge is 2.19. The van der Waals surface area contributed by atoms with Crippen molar-refractivity contribution >= 4 is 11.8 Å². The smallest absolute Gasteiger partial charge is 0.183 e. The summed E-state index contributed by atoms with van der Waals surface area (Å²) in [5, 5.41) is 17.8. The van der Waals surface area contributed by atoms with Gasteiger partial charge in [0.05, 0.1) is 13.2 Å². The van der Waals surface area contributed by atoms with Gasteiger partial charge in [0.2, 0.25) is 0 Å². The van der Waals surface area contributed by atoms with Crippen molar-refractivity contribution in [3.63, 3.8) is 0 Å². The van der Waals surface area contributed by atoms with E-state index >= 15 is 0 Å². The largest absolute Gasteiger partial charge is 0.479 e. The number of unbranched alkanes of at least 4 members (excludes halogenated alkanes) is 1. The predicted octanol–water partition coefficient (Wildman–Crippen LogP) is 0.126. The summed E-state index contributed by atoms with van der Waals surface area (Å²) in [7, 11) is 0. The fraction of sp³-hybridized carbons (Fsp3) is 0.833. The maximum Gasteiger partial charge on any atom is 0.183 e. The summed E-state index contributed by atoms with van der Waals surface area (Å²) in [6.45, 7) is 1.10. The number of hydrogen-bond acceptors (Lipinski definition) is 6. The molecule has 0 radical (unpaired) electrons. The molecule has 0 saturated carbocycles. The van der Waals surface area contributed by atoms with E-state index in [1.807, 2.05) is 0 Å². The van der Waals surface area contributed by atoms with Gasteiger partial charge in [0.25, 0.3) is 0 Å². The lowest BCUT2D eigenvalue weighted by Crippen LogP contribution is -2.10. The molecule has 0 saturated heterocycles. The first-order valence-electron chi connectivity index (χ1n) is 6.42. The molecule has 0 fully saturated rings. The number of aliphatic hydroxyl groups is 2. The highest BCUT2D eigenvalue weighted by atomic mass is 16.5. The number of rotatable bonds is 7. The van der Waals surface area contributed by atoms with Gasteiger partial charge in [-0.25, -0.2) is 9.98 Å². The molecule has 0 amide bonds. The van der Waals surface area contributed by atoms with Gasteiger partial charge >= 0.3 is 0 Å². The van der Waals surface area contributed by atoms with E-state index in [4.69, 9.17) is 19.7 Å². The molecule has 0 aromatic carbocycles. The molecule has 2 aliphatic rings. The van der Waals surface area contributed by atoms with E-state index in [1.54, 1.807) is 0 Å². The SMILES string of the molecule is OCC1COC(CCCCC2=NC(CO)CO2)=N1. The molecule has 0 aromatic rings. The van der Waals surface area contributed by atoms with E-state index < -0.39 is 0 Å². The quantitative estimate of drug-likeness (QED) is 0.634. The molecule has 0 bridgehead atoms. The molecular formula is C12H20N2O4. The summed E-state index contributed by atoms with van der Waals surface area (Å²) in [5.41, 5.74) is 0. The van der Waals surface area contributed by atoms with Crippen molar-refractivity contribution in [2.45, 2.75) is 37.8 Å². The minimum Gasteiger partial charge on any atom is -0.479 e. The van der Waals surface area contributed by atoms with Gasteiger partial charge in [-0.15, -0.1) is 0 Å². The molecular weight excluding hydrogens is 236 g/mol. The van der Waals surface area contributed by atoms with E-state index in [-0.39, 0.29) is 25.3 Å². The van der Waals surface area contributed by atoms with Gasteiger partial charge in [-0.05, 0) is 12.8 Å². The summed E-state index contributed by atoms with van der Waals surface area (Å²) < 4.78 is 10.7. The first kappa shape index (κ1) is 13.3. The first-order valence-corrected chi connectivity index (χ1v) is 6.42. The molecule has 0 aliphatic carbocycles. The van der Waals surface area contributed by atoms with Crippen LogP contribution in [-0.2, 0) is 9.47 Å². The maximum atomic E-state index is 8.91. The van der Waals surface area contributed by atoms with Crippen molar-refractivity contribution in [3.8, 4) is 0 Å². The molecule has 0 spiro atoms. The lowest BCUT2D eigenvalue weighted by Gasteiger charge is -2.02. The molecule has 6 heteroatoms. The van der Waals surface area contributed by atoms with Crippen LogP contribution in [0.4, 0.5) is 0 Å². The average Bonchev–Trinajstić information content (AvgIpc) is 3.03. The van der Waals surface area contributed by atoms with E-state index in [0.29, 0.717) is 13.2 Å². The molecule has 0 aromatic heterocycles. The summed E-state index contributed by atoms with van der Waals surface area (Å²) in [4.78, 5) is 8.50. The maximum absolute atomic E-state index is 8.91. The van der Waals surface area contributed by atoms with Crippen LogP contribution in [0.15, 0.2) is 9.98 Å². The zero-order valence-corrected chi connectivity index (χ0v) is 10.4. The van der Waals surface area contributed by atoms with E-state index in [0.717, 1.165) is 37.5 Å². The van der Waals surface area contributed by atoms with Gasteiger partial charge in [0, 0.05) is 12.8 Å². The monoisotopic (exact) mass is 256 g/mol. The van der Waals surface area contributed by atoms with Crippen molar-refractivity contribution < 1.29 is 19.7 Å². The summed E-state index contributed by atoms with van der Waals surface area (Å²) in [6, 6.07) is -0.152. The summed E-state index contributed by atoms with van der Waals surface area (Å²) in [5.74, 6) is 1.49. The summed E-state index contributed by atoms with van der Waals surface area (Å²) >= 11 is 0. The Morgan fingerprint density at radius 2 is 1.33 bits per heavy atom. The number of hydrogen-bond donors (Lipinski definition) is 2. The lowest BCUT2D eigenvalue weighted by atomic mass is 10.2. The standard InChI is InChI=1S/C12H20N2O4/c15-5-9-7-17-11(13-9)3-1-2-4-12-14-10(6-16)8-18-12/h9-10,15-16H,1-8H2. The van der Waals surface area contributed by atoms with E-state index in [9.17, 15) is 0 Å². The van der Waals surface area contributed by atoms with Crippen LogP contribution in [-0.4, -0.2) is 60.5 Å². The highest BCUT2D eigenvalue weighted by Crippen LogP contribution is 2.13. The molecule has 2 aliphatic heterocycles. The van der Waals surface area contributed by atoms with Gasteiger partial charge in [-0.1, -0.05) is 0 Å². The third kappa shape index (κ3) is 3.68. The van der Waals surface area contributed by atoms with Crippen molar-refractivity contribution in [1.29, 1.82) is 0 Å². The Morgan fingerprint density at radius 1 is 0.889 bits per heavy atom. The van der Waals surface area contributed by atoms with Crippen LogP contribution < -0.4 is 0 Å². The van der Waals surface area contributed by atoms with Crippen LogP contribution in [0, 0.1) is 0 Å². The normalized spacial score (nSPS) is 26.6. The zero-order chi connectivity index (χ0) is 12.8.